The summed E-state index contributed by atoms with van der Waals surface area (Å²) in [6.45, 7) is 6.07. The van der Waals surface area contributed by atoms with Crippen LogP contribution in [-0.4, -0.2) is 40.5 Å². The van der Waals surface area contributed by atoms with Crippen molar-refractivity contribution >= 4 is 11.8 Å². The first-order valence-corrected chi connectivity index (χ1v) is 9.22. The predicted molar refractivity (Wildman–Crippen MR) is 95.8 cm³/mol. The molecule has 0 aromatic heterocycles. The van der Waals surface area contributed by atoms with Gasteiger partial charge in [-0.25, -0.2) is 0 Å². The molecule has 2 unspecified atom stereocenters. The number of fused-ring (bicyclic) bond motifs is 1. The van der Waals surface area contributed by atoms with Gasteiger partial charge in [0.2, 0.25) is 11.8 Å². The van der Waals surface area contributed by atoms with Crippen LogP contribution in [0.4, 0.5) is 0 Å². The van der Waals surface area contributed by atoms with E-state index in [0.717, 1.165) is 12.8 Å². The number of aryl methyl sites for hydroxylation is 1. The number of likely N-dealkylation sites (tertiary alicyclic amines) is 1. The van der Waals surface area contributed by atoms with E-state index in [1.54, 1.807) is 0 Å². The predicted octanol–water partition coefficient (Wildman–Crippen LogP) is 2.04. The van der Waals surface area contributed by atoms with E-state index in [0.29, 0.717) is 18.3 Å². The van der Waals surface area contributed by atoms with Crippen LogP contribution in [0.1, 0.15) is 50.8 Å². The van der Waals surface area contributed by atoms with Crippen molar-refractivity contribution in [1.82, 2.24) is 10.2 Å². The zero-order valence-corrected chi connectivity index (χ0v) is 15.2. The Morgan fingerprint density at radius 2 is 2.00 bits per heavy atom. The Morgan fingerprint density at radius 1 is 1.28 bits per heavy atom. The van der Waals surface area contributed by atoms with Gasteiger partial charge < -0.3 is 15.3 Å². The van der Waals surface area contributed by atoms with Crippen molar-refractivity contribution in [1.29, 1.82) is 0 Å². The van der Waals surface area contributed by atoms with Crippen molar-refractivity contribution in [2.24, 2.45) is 11.8 Å². The minimum atomic E-state index is -0.626. The third-order valence-corrected chi connectivity index (χ3v) is 5.71. The molecular formula is C20H28N2O3. The number of hydrogen-bond acceptors (Lipinski definition) is 3. The lowest BCUT2D eigenvalue weighted by molar-refractivity contribution is -0.137. The second-order valence-electron chi connectivity index (χ2n) is 7.71. The monoisotopic (exact) mass is 344 g/mol. The average molecular weight is 344 g/mol. The van der Waals surface area contributed by atoms with Crippen LogP contribution in [0.25, 0.3) is 0 Å². The summed E-state index contributed by atoms with van der Waals surface area (Å²) < 4.78 is 0. The highest BCUT2D eigenvalue weighted by Crippen LogP contribution is 2.38. The van der Waals surface area contributed by atoms with Gasteiger partial charge in [-0.1, -0.05) is 38.1 Å². The lowest BCUT2D eigenvalue weighted by Crippen LogP contribution is -2.48. The van der Waals surface area contributed by atoms with E-state index < -0.39 is 12.1 Å². The molecule has 25 heavy (non-hydrogen) atoms. The highest BCUT2D eigenvalue weighted by molar-refractivity contribution is 5.88. The number of aliphatic hydroxyl groups excluding tert-OH is 1. The van der Waals surface area contributed by atoms with Gasteiger partial charge in [-0.15, -0.1) is 0 Å². The van der Waals surface area contributed by atoms with Gasteiger partial charge in [0.1, 0.15) is 6.04 Å². The van der Waals surface area contributed by atoms with Crippen molar-refractivity contribution in [2.75, 3.05) is 6.54 Å². The van der Waals surface area contributed by atoms with Crippen LogP contribution >= 0.6 is 0 Å². The molecule has 0 saturated carbocycles. The largest absolute Gasteiger partial charge is 0.391 e. The second-order valence-corrected chi connectivity index (χ2v) is 7.71. The normalized spacial score (nSPS) is 28.8. The smallest absolute Gasteiger partial charge is 0.243 e. The number of hydrogen-bond donors (Lipinski definition) is 2. The van der Waals surface area contributed by atoms with Crippen molar-refractivity contribution in [2.45, 2.75) is 58.2 Å². The Balaban J connectivity index is 1.84. The van der Waals surface area contributed by atoms with E-state index in [1.165, 1.54) is 23.0 Å². The molecule has 5 heteroatoms. The van der Waals surface area contributed by atoms with Gasteiger partial charge in [-0.2, -0.15) is 0 Å². The van der Waals surface area contributed by atoms with E-state index in [4.69, 9.17) is 0 Å². The highest BCUT2D eigenvalue weighted by Gasteiger charge is 2.40. The zero-order valence-electron chi connectivity index (χ0n) is 15.2. The Morgan fingerprint density at radius 3 is 2.68 bits per heavy atom. The molecule has 1 saturated heterocycles. The number of aliphatic hydroxyl groups is 1. The highest BCUT2D eigenvalue weighted by atomic mass is 16.3. The van der Waals surface area contributed by atoms with Crippen LogP contribution in [0.5, 0.6) is 0 Å². The number of carbonyl (C=O) groups excluding carboxylic acids is 2. The molecule has 2 aliphatic rings. The fourth-order valence-corrected chi connectivity index (χ4v) is 4.35. The number of benzene rings is 1. The maximum Gasteiger partial charge on any atom is 0.243 e. The molecule has 2 amide bonds. The van der Waals surface area contributed by atoms with Gasteiger partial charge in [-0.3, -0.25) is 9.59 Å². The first-order valence-electron chi connectivity index (χ1n) is 9.22. The van der Waals surface area contributed by atoms with Crippen LogP contribution in [0.15, 0.2) is 24.3 Å². The molecule has 136 valence electrons. The molecule has 0 spiro atoms. The molecular weight excluding hydrogens is 316 g/mol. The van der Waals surface area contributed by atoms with Crippen molar-refractivity contribution in [3.63, 3.8) is 0 Å². The van der Waals surface area contributed by atoms with Gasteiger partial charge in [0.05, 0.1) is 12.1 Å². The molecule has 1 aliphatic carbocycles. The molecule has 5 nitrogen and oxygen atoms in total. The van der Waals surface area contributed by atoms with E-state index in [9.17, 15) is 14.7 Å². The number of β-amino-alcohol motifs (C(OH)–C–C–N with tert-alkyl or cyclic N) is 1. The van der Waals surface area contributed by atoms with Crippen LogP contribution in [0.3, 0.4) is 0 Å². The molecule has 1 aromatic carbocycles. The quantitative estimate of drug-likeness (QED) is 0.882. The molecule has 0 bridgehead atoms. The Kier molecular flexibility index (Phi) is 5.13. The molecule has 1 aromatic rings. The molecule has 3 rings (SSSR count). The Bertz CT molecular complexity index is 658. The van der Waals surface area contributed by atoms with E-state index in [1.807, 2.05) is 12.1 Å². The summed E-state index contributed by atoms with van der Waals surface area (Å²) in [5.41, 5.74) is 2.48. The van der Waals surface area contributed by atoms with Crippen LogP contribution in [0, 0.1) is 11.8 Å². The summed E-state index contributed by atoms with van der Waals surface area (Å²) in [5, 5.41) is 13.1. The maximum atomic E-state index is 12.9. The molecule has 2 N–H and O–H groups in total. The molecule has 1 heterocycles. The maximum absolute atomic E-state index is 12.9. The average Bonchev–Trinajstić information content (AvgIpc) is 2.97. The lowest BCUT2D eigenvalue weighted by atomic mass is 9.74. The first-order chi connectivity index (χ1) is 11.9. The lowest BCUT2D eigenvalue weighted by Gasteiger charge is -2.37. The first kappa shape index (κ1) is 17.9. The summed E-state index contributed by atoms with van der Waals surface area (Å²) in [5.74, 6) is 0.507. The van der Waals surface area contributed by atoms with Crippen LogP contribution in [-0.2, 0) is 16.0 Å². The number of amides is 2. The van der Waals surface area contributed by atoms with Gasteiger partial charge >= 0.3 is 0 Å². The zero-order chi connectivity index (χ0) is 18.1. The molecule has 0 radical (unpaired) electrons. The minimum absolute atomic E-state index is 0.0380. The van der Waals surface area contributed by atoms with Gasteiger partial charge in [0.25, 0.3) is 0 Å². The SMILES string of the molecule is CC(=O)N1C[C@H](O)C[C@@H]1C(=O)NC1c2ccccc2CCC1C(C)C. The summed E-state index contributed by atoms with van der Waals surface area (Å²) in [6, 6.07) is 7.67. The van der Waals surface area contributed by atoms with Crippen molar-refractivity contribution in [3.05, 3.63) is 35.4 Å². The summed E-state index contributed by atoms with van der Waals surface area (Å²) in [4.78, 5) is 26.2. The topological polar surface area (TPSA) is 69.6 Å². The number of nitrogens with one attached hydrogen (secondary N) is 1. The molecule has 1 fully saturated rings. The van der Waals surface area contributed by atoms with E-state index in [-0.39, 0.29) is 24.4 Å². The number of rotatable bonds is 3. The van der Waals surface area contributed by atoms with Crippen LogP contribution in [0.2, 0.25) is 0 Å². The molecule has 1 aliphatic heterocycles. The summed E-state index contributed by atoms with van der Waals surface area (Å²) in [7, 11) is 0. The Hall–Kier alpha value is -1.88. The van der Waals surface area contributed by atoms with E-state index >= 15 is 0 Å². The number of carbonyl (C=O) groups is 2. The fraction of sp³-hybridized carbons (Fsp3) is 0.600. The minimum Gasteiger partial charge on any atom is -0.391 e. The summed E-state index contributed by atoms with van der Waals surface area (Å²) >= 11 is 0. The third kappa shape index (κ3) is 3.56. The van der Waals surface area contributed by atoms with Crippen molar-refractivity contribution in [3.8, 4) is 0 Å². The molecule has 4 atom stereocenters. The van der Waals surface area contributed by atoms with E-state index in [2.05, 4.69) is 31.3 Å². The summed E-state index contributed by atoms with van der Waals surface area (Å²) in [6.07, 6.45) is 1.77. The van der Waals surface area contributed by atoms with Crippen molar-refractivity contribution < 1.29 is 14.7 Å². The second kappa shape index (κ2) is 7.16. The fourth-order valence-electron chi connectivity index (χ4n) is 4.35. The van der Waals surface area contributed by atoms with Gasteiger partial charge in [0.15, 0.2) is 0 Å². The third-order valence-electron chi connectivity index (χ3n) is 5.71. The Labute approximate surface area is 149 Å². The van der Waals surface area contributed by atoms with Gasteiger partial charge in [-0.05, 0) is 35.8 Å². The van der Waals surface area contributed by atoms with Crippen LogP contribution < -0.4 is 5.32 Å². The van der Waals surface area contributed by atoms with Gasteiger partial charge in [0, 0.05) is 19.9 Å². The standard InChI is InChI=1S/C20H28N2O3/c1-12(2)16-9-8-14-6-4-5-7-17(14)19(16)21-20(25)18-10-15(24)11-22(18)13(3)23/h4-7,12,15-16,18-19,24H,8-11H2,1-3H3,(H,21,25)/t15-,16?,18-,19?/m1/s1. The number of nitrogens with zero attached hydrogens (tertiary/aromatic N) is 1.